The van der Waals surface area contributed by atoms with Crippen molar-refractivity contribution in [3.8, 4) is 0 Å². The molecule has 1 atom stereocenters. The van der Waals surface area contributed by atoms with Crippen LogP contribution in [0.4, 0.5) is 0 Å². The topological polar surface area (TPSA) is 17.1 Å². The first-order valence-electron chi connectivity index (χ1n) is 3.95. The summed E-state index contributed by atoms with van der Waals surface area (Å²) in [7, 11) is 0. The fourth-order valence-electron chi connectivity index (χ4n) is 1.31. The van der Waals surface area contributed by atoms with Crippen LogP contribution in [0.25, 0.3) is 0 Å². The molecule has 1 unspecified atom stereocenters. The molecule has 0 amide bonds. The Kier molecular flexibility index (Phi) is 2.67. The number of aldehydes is 1. The van der Waals surface area contributed by atoms with Crippen molar-refractivity contribution < 1.29 is 4.79 Å². The molecule has 0 aromatic carbocycles. The predicted octanol–water partition coefficient (Wildman–Crippen LogP) is 2.18. The zero-order valence-corrected chi connectivity index (χ0v) is 6.42. The summed E-state index contributed by atoms with van der Waals surface area (Å²) in [4.78, 5) is 10.2. The molecule has 10 heavy (non-hydrogen) atoms. The number of carbonyl (C=O) groups is 1. The fourth-order valence-corrected chi connectivity index (χ4v) is 1.31. The molecule has 0 aromatic rings. The summed E-state index contributed by atoms with van der Waals surface area (Å²) >= 11 is 0. The molecule has 0 aromatic heterocycles. The summed E-state index contributed by atoms with van der Waals surface area (Å²) in [6, 6.07) is 0. The summed E-state index contributed by atoms with van der Waals surface area (Å²) in [6.45, 7) is 2.01. The molecule has 0 spiro atoms. The van der Waals surface area contributed by atoms with Crippen LogP contribution in [0.2, 0.25) is 0 Å². The molecular weight excluding hydrogens is 124 g/mol. The maximum atomic E-state index is 10.2. The van der Waals surface area contributed by atoms with Crippen molar-refractivity contribution in [3.63, 3.8) is 0 Å². The van der Waals surface area contributed by atoms with Gasteiger partial charge in [-0.15, -0.1) is 0 Å². The lowest BCUT2D eigenvalue weighted by atomic mass is 10.0. The normalized spacial score (nSPS) is 21.3. The SMILES string of the molecule is C/C=C\C(CC=O)C1CC1. The second kappa shape index (κ2) is 3.55. The maximum absolute atomic E-state index is 10.2. The third-order valence-corrected chi connectivity index (χ3v) is 2.04. The van der Waals surface area contributed by atoms with Gasteiger partial charge in [-0.25, -0.2) is 0 Å². The molecule has 1 saturated carbocycles. The Balaban J connectivity index is 2.33. The molecule has 1 aliphatic rings. The quantitative estimate of drug-likeness (QED) is 0.430. The maximum Gasteiger partial charge on any atom is 0.120 e. The largest absolute Gasteiger partial charge is 0.303 e. The number of hydrogen-bond donors (Lipinski definition) is 0. The highest BCUT2D eigenvalue weighted by molar-refractivity contribution is 5.50. The van der Waals surface area contributed by atoms with Gasteiger partial charge in [0.15, 0.2) is 0 Å². The third kappa shape index (κ3) is 1.98. The average molecular weight is 138 g/mol. The van der Waals surface area contributed by atoms with E-state index in [1.807, 2.05) is 13.0 Å². The van der Waals surface area contributed by atoms with E-state index in [9.17, 15) is 4.79 Å². The first kappa shape index (κ1) is 7.52. The van der Waals surface area contributed by atoms with E-state index in [2.05, 4.69) is 6.08 Å². The van der Waals surface area contributed by atoms with Gasteiger partial charge in [0.25, 0.3) is 0 Å². The Morgan fingerprint density at radius 2 is 2.30 bits per heavy atom. The molecule has 1 nitrogen and oxygen atoms in total. The Morgan fingerprint density at radius 3 is 2.70 bits per heavy atom. The fraction of sp³-hybridized carbons (Fsp3) is 0.667. The van der Waals surface area contributed by atoms with Crippen LogP contribution >= 0.6 is 0 Å². The van der Waals surface area contributed by atoms with Crippen LogP contribution in [0.3, 0.4) is 0 Å². The molecule has 0 bridgehead atoms. The lowest BCUT2D eigenvalue weighted by molar-refractivity contribution is -0.108. The van der Waals surface area contributed by atoms with Gasteiger partial charge in [-0.2, -0.15) is 0 Å². The van der Waals surface area contributed by atoms with Crippen LogP contribution in [-0.4, -0.2) is 6.29 Å². The highest BCUT2D eigenvalue weighted by Crippen LogP contribution is 2.38. The van der Waals surface area contributed by atoms with Gasteiger partial charge in [-0.05, 0) is 31.6 Å². The monoisotopic (exact) mass is 138 g/mol. The van der Waals surface area contributed by atoms with Crippen LogP contribution in [-0.2, 0) is 4.79 Å². The van der Waals surface area contributed by atoms with Crippen molar-refractivity contribution in [2.24, 2.45) is 11.8 Å². The Labute approximate surface area is 62.1 Å². The third-order valence-electron chi connectivity index (χ3n) is 2.04. The van der Waals surface area contributed by atoms with Gasteiger partial charge >= 0.3 is 0 Å². The van der Waals surface area contributed by atoms with Gasteiger partial charge in [0, 0.05) is 6.42 Å². The summed E-state index contributed by atoms with van der Waals surface area (Å²) in [5.74, 6) is 1.36. The number of rotatable bonds is 4. The molecule has 1 fully saturated rings. The summed E-state index contributed by atoms with van der Waals surface area (Å²) < 4.78 is 0. The van der Waals surface area contributed by atoms with Crippen molar-refractivity contribution >= 4 is 6.29 Å². The first-order chi connectivity index (χ1) is 4.88. The van der Waals surface area contributed by atoms with Gasteiger partial charge in [-0.3, -0.25) is 0 Å². The number of allylic oxidation sites excluding steroid dienone is 2. The molecule has 0 heterocycles. The second-order valence-corrected chi connectivity index (χ2v) is 2.93. The number of hydrogen-bond acceptors (Lipinski definition) is 1. The predicted molar refractivity (Wildman–Crippen MR) is 41.7 cm³/mol. The van der Waals surface area contributed by atoms with Gasteiger partial charge in [0.1, 0.15) is 6.29 Å². The minimum Gasteiger partial charge on any atom is -0.303 e. The molecule has 0 aliphatic heterocycles. The molecular formula is C9H14O. The van der Waals surface area contributed by atoms with Gasteiger partial charge in [0.05, 0.1) is 0 Å². The molecule has 1 rings (SSSR count). The highest BCUT2D eigenvalue weighted by atomic mass is 16.1. The molecule has 0 N–H and O–H groups in total. The summed E-state index contributed by atoms with van der Waals surface area (Å²) in [5, 5.41) is 0. The van der Waals surface area contributed by atoms with E-state index in [4.69, 9.17) is 0 Å². The standard InChI is InChI=1S/C9H14O/c1-2-3-8(6-7-10)9-4-5-9/h2-3,7-9H,4-6H2,1H3/b3-2-. The first-order valence-corrected chi connectivity index (χ1v) is 3.95. The van der Waals surface area contributed by atoms with E-state index in [0.717, 1.165) is 18.6 Å². The van der Waals surface area contributed by atoms with Gasteiger partial charge < -0.3 is 4.79 Å². The zero-order chi connectivity index (χ0) is 7.40. The number of carbonyl (C=O) groups excluding carboxylic acids is 1. The van der Waals surface area contributed by atoms with Crippen LogP contribution in [0.1, 0.15) is 26.2 Å². The van der Waals surface area contributed by atoms with Crippen LogP contribution < -0.4 is 0 Å². The van der Waals surface area contributed by atoms with Crippen molar-refractivity contribution in [3.05, 3.63) is 12.2 Å². The van der Waals surface area contributed by atoms with E-state index in [1.165, 1.54) is 12.8 Å². The highest BCUT2D eigenvalue weighted by Gasteiger charge is 2.28. The van der Waals surface area contributed by atoms with E-state index >= 15 is 0 Å². The zero-order valence-electron chi connectivity index (χ0n) is 6.42. The van der Waals surface area contributed by atoms with Gasteiger partial charge in [0.2, 0.25) is 0 Å². The van der Waals surface area contributed by atoms with Crippen molar-refractivity contribution in [1.82, 2.24) is 0 Å². The van der Waals surface area contributed by atoms with Crippen LogP contribution in [0.15, 0.2) is 12.2 Å². The average Bonchev–Trinajstić information content (AvgIpc) is 2.69. The van der Waals surface area contributed by atoms with Crippen molar-refractivity contribution in [1.29, 1.82) is 0 Å². The van der Waals surface area contributed by atoms with Crippen LogP contribution in [0.5, 0.6) is 0 Å². The minimum atomic E-state index is 0.544. The van der Waals surface area contributed by atoms with E-state index in [0.29, 0.717) is 5.92 Å². The summed E-state index contributed by atoms with van der Waals surface area (Å²) in [6.07, 6.45) is 8.60. The summed E-state index contributed by atoms with van der Waals surface area (Å²) in [5.41, 5.74) is 0. The Morgan fingerprint density at radius 1 is 1.60 bits per heavy atom. The molecule has 1 aliphatic carbocycles. The Bertz CT molecular complexity index is 134. The van der Waals surface area contributed by atoms with E-state index < -0.39 is 0 Å². The lowest BCUT2D eigenvalue weighted by Crippen LogP contribution is -1.98. The molecule has 1 heteroatoms. The van der Waals surface area contributed by atoms with Gasteiger partial charge in [-0.1, -0.05) is 12.2 Å². The minimum absolute atomic E-state index is 0.544. The van der Waals surface area contributed by atoms with Crippen LogP contribution in [0, 0.1) is 11.8 Å². The van der Waals surface area contributed by atoms with E-state index in [-0.39, 0.29) is 0 Å². The van der Waals surface area contributed by atoms with Crippen molar-refractivity contribution in [2.45, 2.75) is 26.2 Å². The lowest BCUT2D eigenvalue weighted by Gasteiger charge is -2.04. The second-order valence-electron chi connectivity index (χ2n) is 2.93. The molecule has 56 valence electrons. The molecule has 0 saturated heterocycles. The molecule has 0 radical (unpaired) electrons. The Hall–Kier alpha value is -0.590. The van der Waals surface area contributed by atoms with E-state index in [1.54, 1.807) is 0 Å². The van der Waals surface area contributed by atoms with Crippen molar-refractivity contribution in [2.75, 3.05) is 0 Å². The smallest absolute Gasteiger partial charge is 0.120 e.